The van der Waals surface area contributed by atoms with Crippen molar-refractivity contribution in [3.63, 3.8) is 0 Å². The highest BCUT2D eigenvalue weighted by atomic mass is 79.9. The molecule has 1 atom stereocenters. The van der Waals surface area contributed by atoms with E-state index in [0.717, 1.165) is 36.6 Å². The molecule has 2 rings (SSSR count). The molecule has 1 heterocycles. The Hall–Kier alpha value is -0.870. The van der Waals surface area contributed by atoms with Crippen molar-refractivity contribution in [1.29, 1.82) is 0 Å². The lowest BCUT2D eigenvalue weighted by atomic mass is 10.1. The van der Waals surface area contributed by atoms with Crippen LogP contribution in [-0.2, 0) is 4.74 Å². The molecule has 0 amide bonds. The van der Waals surface area contributed by atoms with Crippen LogP contribution in [0.4, 0.5) is 0 Å². The number of halogens is 1. The second-order valence-corrected chi connectivity index (χ2v) is 5.26. The summed E-state index contributed by atoms with van der Waals surface area (Å²) in [6, 6.07) is 5.46. The molecule has 0 N–H and O–H groups in total. The first-order valence-corrected chi connectivity index (χ1v) is 7.08. The van der Waals surface area contributed by atoms with Crippen molar-refractivity contribution >= 4 is 22.2 Å². The van der Waals surface area contributed by atoms with E-state index >= 15 is 0 Å². The third kappa shape index (κ3) is 3.56. The fourth-order valence-corrected chi connectivity index (χ4v) is 2.62. The Morgan fingerprint density at radius 1 is 1.50 bits per heavy atom. The van der Waals surface area contributed by atoms with Gasteiger partial charge >= 0.3 is 0 Å². The summed E-state index contributed by atoms with van der Waals surface area (Å²) in [5.41, 5.74) is 0.585. The number of rotatable bonds is 6. The summed E-state index contributed by atoms with van der Waals surface area (Å²) in [7, 11) is 0. The predicted molar refractivity (Wildman–Crippen MR) is 73.2 cm³/mol. The molecule has 0 aromatic heterocycles. The van der Waals surface area contributed by atoms with Crippen LogP contribution < -0.4 is 4.74 Å². The smallest absolute Gasteiger partial charge is 0.153 e. The van der Waals surface area contributed by atoms with E-state index in [-0.39, 0.29) is 0 Å². The summed E-state index contributed by atoms with van der Waals surface area (Å²) in [5, 5.41) is 0. The van der Waals surface area contributed by atoms with Crippen molar-refractivity contribution in [1.82, 2.24) is 0 Å². The predicted octanol–water partition coefficient (Wildman–Crippen LogP) is 3.60. The minimum absolute atomic E-state index is 0.401. The molecule has 0 aliphatic carbocycles. The van der Waals surface area contributed by atoms with Crippen molar-refractivity contribution in [3.8, 4) is 5.75 Å². The van der Waals surface area contributed by atoms with Crippen LogP contribution in [-0.4, -0.2) is 25.6 Å². The lowest BCUT2D eigenvalue weighted by Crippen LogP contribution is -2.08. The molecule has 4 heteroatoms. The molecule has 98 valence electrons. The molecule has 0 saturated carbocycles. The standard InChI is InChI=1S/C14H17BrO3/c15-13-7-1-4-11(10-16)14(13)18-9-3-6-12-5-2-8-17-12/h1,4,7,10,12H,2-3,5-6,8-9H2. The Labute approximate surface area is 116 Å². The number of hydrogen-bond donors (Lipinski definition) is 0. The third-order valence-electron chi connectivity index (χ3n) is 3.07. The molecule has 0 spiro atoms. The fraction of sp³-hybridized carbons (Fsp3) is 0.500. The summed E-state index contributed by atoms with van der Waals surface area (Å²) >= 11 is 3.40. The number of benzene rings is 1. The highest BCUT2D eigenvalue weighted by Crippen LogP contribution is 2.28. The molecule has 0 bridgehead atoms. The first-order valence-electron chi connectivity index (χ1n) is 6.29. The lowest BCUT2D eigenvalue weighted by Gasteiger charge is -2.12. The average molecular weight is 313 g/mol. The highest BCUT2D eigenvalue weighted by Gasteiger charge is 2.15. The van der Waals surface area contributed by atoms with Crippen molar-refractivity contribution < 1.29 is 14.3 Å². The molecular weight excluding hydrogens is 296 g/mol. The Balaban J connectivity index is 1.80. The van der Waals surface area contributed by atoms with Gasteiger partial charge in [-0.3, -0.25) is 4.79 Å². The topological polar surface area (TPSA) is 35.5 Å². The van der Waals surface area contributed by atoms with Crippen LogP contribution in [0.25, 0.3) is 0 Å². The van der Waals surface area contributed by atoms with Gasteiger partial charge in [0.15, 0.2) is 6.29 Å². The summed E-state index contributed by atoms with van der Waals surface area (Å²) in [4.78, 5) is 10.9. The van der Waals surface area contributed by atoms with Gasteiger partial charge in [-0.1, -0.05) is 6.07 Å². The van der Waals surface area contributed by atoms with Gasteiger partial charge in [-0.15, -0.1) is 0 Å². The zero-order valence-electron chi connectivity index (χ0n) is 10.2. The highest BCUT2D eigenvalue weighted by molar-refractivity contribution is 9.10. The van der Waals surface area contributed by atoms with Gasteiger partial charge in [-0.25, -0.2) is 0 Å². The van der Waals surface area contributed by atoms with Gasteiger partial charge in [0.2, 0.25) is 0 Å². The van der Waals surface area contributed by atoms with Crippen molar-refractivity contribution in [2.45, 2.75) is 31.8 Å². The molecule has 1 aliphatic rings. The van der Waals surface area contributed by atoms with E-state index in [4.69, 9.17) is 9.47 Å². The quantitative estimate of drug-likeness (QED) is 0.594. The van der Waals surface area contributed by atoms with Crippen LogP contribution in [0.15, 0.2) is 22.7 Å². The molecule has 18 heavy (non-hydrogen) atoms. The van der Waals surface area contributed by atoms with Crippen molar-refractivity contribution in [3.05, 3.63) is 28.2 Å². The maximum absolute atomic E-state index is 10.9. The van der Waals surface area contributed by atoms with Crippen LogP contribution in [0.1, 0.15) is 36.0 Å². The van der Waals surface area contributed by atoms with E-state index in [2.05, 4.69) is 15.9 Å². The number of aldehydes is 1. The third-order valence-corrected chi connectivity index (χ3v) is 3.69. The molecule has 1 aliphatic heterocycles. The Kier molecular flexibility index (Phi) is 5.20. The van der Waals surface area contributed by atoms with Crippen LogP contribution >= 0.6 is 15.9 Å². The molecule has 1 fully saturated rings. The van der Waals surface area contributed by atoms with Gasteiger partial charge in [0.1, 0.15) is 5.75 Å². The van der Waals surface area contributed by atoms with Gasteiger partial charge in [0, 0.05) is 6.61 Å². The monoisotopic (exact) mass is 312 g/mol. The first kappa shape index (κ1) is 13.6. The van der Waals surface area contributed by atoms with Gasteiger partial charge in [0.05, 0.1) is 22.7 Å². The maximum Gasteiger partial charge on any atom is 0.153 e. The number of carbonyl (C=O) groups is 1. The number of carbonyl (C=O) groups excluding carboxylic acids is 1. The minimum Gasteiger partial charge on any atom is -0.492 e. The summed E-state index contributed by atoms with van der Waals surface area (Å²) in [6.07, 6.45) is 5.53. The average Bonchev–Trinajstić information content (AvgIpc) is 2.89. The van der Waals surface area contributed by atoms with Crippen LogP contribution in [0.3, 0.4) is 0 Å². The zero-order valence-corrected chi connectivity index (χ0v) is 11.8. The van der Waals surface area contributed by atoms with Crippen molar-refractivity contribution in [2.24, 2.45) is 0 Å². The molecule has 3 nitrogen and oxygen atoms in total. The SMILES string of the molecule is O=Cc1cccc(Br)c1OCCCC1CCCO1. The zero-order chi connectivity index (χ0) is 12.8. The summed E-state index contributed by atoms with van der Waals surface area (Å²) < 4.78 is 12.1. The second-order valence-electron chi connectivity index (χ2n) is 4.40. The van der Waals surface area contributed by atoms with E-state index in [1.807, 2.05) is 12.1 Å². The number of hydrogen-bond acceptors (Lipinski definition) is 3. The molecule has 1 saturated heterocycles. The molecular formula is C14H17BrO3. The lowest BCUT2D eigenvalue weighted by molar-refractivity contribution is 0.0978. The fourth-order valence-electron chi connectivity index (χ4n) is 2.13. The largest absolute Gasteiger partial charge is 0.492 e. The van der Waals surface area contributed by atoms with E-state index < -0.39 is 0 Å². The van der Waals surface area contributed by atoms with Crippen LogP contribution in [0, 0.1) is 0 Å². The minimum atomic E-state index is 0.401. The Morgan fingerprint density at radius 2 is 2.39 bits per heavy atom. The van der Waals surface area contributed by atoms with Gasteiger partial charge in [0.25, 0.3) is 0 Å². The Morgan fingerprint density at radius 3 is 3.11 bits per heavy atom. The Bertz CT molecular complexity index is 400. The van der Waals surface area contributed by atoms with Gasteiger partial charge in [-0.05, 0) is 53.7 Å². The maximum atomic E-state index is 10.9. The van der Waals surface area contributed by atoms with E-state index in [1.54, 1.807) is 6.07 Å². The number of ether oxygens (including phenoxy) is 2. The second kappa shape index (κ2) is 6.90. The van der Waals surface area contributed by atoms with Gasteiger partial charge in [-0.2, -0.15) is 0 Å². The molecule has 1 aromatic carbocycles. The van der Waals surface area contributed by atoms with Gasteiger partial charge < -0.3 is 9.47 Å². The molecule has 1 aromatic rings. The van der Waals surface area contributed by atoms with E-state index in [9.17, 15) is 4.79 Å². The van der Waals surface area contributed by atoms with E-state index in [1.165, 1.54) is 6.42 Å². The molecule has 0 radical (unpaired) electrons. The van der Waals surface area contributed by atoms with Crippen LogP contribution in [0.2, 0.25) is 0 Å². The van der Waals surface area contributed by atoms with Crippen LogP contribution in [0.5, 0.6) is 5.75 Å². The van der Waals surface area contributed by atoms with Crippen molar-refractivity contribution in [2.75, 3.05) is 13.2 Å². The molecule has 1 unspecified atom stereocenters. The summed E-state index contributed by atoms with van der Waals surface area (Å²) in [5.74, 6) is 0.639. The number of para-hydroxylation sites is 1. The van der Waals surface area contributed by atoms with E-state index in [0.29, 0.717) is 24.0 Å². The normalized spacial score (nSPS) is 18.8. The summed E-state index contributed by atoms with van der Waals surface area (Å²) in [6.45, 7) is 1.51. The first-order chi connectivity index (χ1) is 8.81.